The van der Waals surface area contributed by atoms with Gasteiger partial charge in [0.2, 0.25) is 5.60 Å². The van der Waals surface area contributed by atoms with Crippen LogP contribution in [-0.4, -0.2) is 40.5 Å². The summed E-state index contributed by atoms with van der Waals surface area (Å²) in [5, 5.41) is 10.6. The fourth-order valence-corrected chi connectivity index (χ4v) is 7.94. The van der Waals surface area contributed by atoms with Crippen LogP contribution in [0.3, 0.4) is 0 Å². The number of ether oxygens (including phenoxy) is 2. The smallest absolute Gasteiger partial charge is 0.478 e. The number of rotatable bonds is 3. The van der Waals surface area contributed by atoms with Crippen molar-refractivity contribution in [3.63, 3.8) is 0 Å². The Hall–Kier alpha value is -2.18. The molecule has 3 saturated carbocycles. The lowest BCUT2D eigenvalue weighted by Crippen LogP contribution is -2.61. The van der Waals surface area contributed by atoms with Gasteiger partial charge in [0.1, 0.15) is 6.10 Å². The van der Waals surface area contributed by atoms with Gasteiger partial charge in [0.25, 0.3) is 0 Å². The number of carboxylic acid groups (broad SMARTS) is 1. The molecule has 4 aliphatic rings. The summed E-state index contributed by atoms with van der Waals surface area (Å²) in [6.07, 6.45) is 3.51. The quantitative estimate of drug-likeness (QED) is 0.421. The van der Waals surface area contributed by atoms with Crippen molar-refractivity contribution in [1.82, 2.24) is 0 Å². The summed E-state index contributed by atoms with van der Waals surface area (Å²) in [6.45, 7) is 13.4. The van der Waals surface area contributed by atoms with Crippen molar-refractivity contribution >= 4 is 23.7 Å². The van der Waals surface area contributed by atoms with Gasteiger partial charge in [0.05, 0.1) is 11.8 Å². The van der Waals surface area contributed by atoms with Gasteiger partial charge in [-0.05, 0) is 75.2 Å². The second-order valence-electron chi connectivity index (χ2n) is 13.0. The van der Waals surface area contributed by atoms with E-state index in [1.54, 1.807) is 13.0 Å². The molecule has 0 spiro atoms. The number of fused-ring (bicyclic) bond motifs is 5. The Morgan fingerprint density at radius 3 is 2.40 bits per heavy atom. The standard InChI is InChI=1S/C28H40O7/c1-15-12-21-19-9-8-17-13-18(29)14-22(30)27(17,7)20(19)10-11-26(21,6)28(15,23(31)32)35-24(33)34-16(2)25(3,4)5/h13,15-16,19-21H,8-12,14H2,1-7H3,(H,31,32)/t15?,16?,19-,20+,21+,26+,27+,28?/m1/s1. The second-order valence-corrected chi connectivity index (χ2v) is 13.0. The van der Waals surface area contributed by atoms with E-state index in [9.17, 15) is 24.3 Å². The Balaban J connectivity index is 1.67. The maximum Gasteiger partial charge on any atom is 0.509 e. The van der Waals surface area contributed by atoms with E-state index in [-0.39, 0.29) is 41.2 Å². The van der Waals surface area contributed by atoms with Crippen molar-refractivity contribution in [3.8, 4) is 0 Å². The molecule has 194 valence electrons. The first-order valence-corrected chi connectivity index (χ1v) is 13.0. The number of aliphatic carboxylic acids is 1. The van der Waals surface area contributed by atoms with Crippen molar-refractivity contribution in [2.75, 3.05) is 0 Å². The van der Waals surface area contributed by atoms with Crippen molar-refractivity contribution in [1.29, 1.82) is 0 Å². The van der Waals surface area contributed by atoms with Gasteiger partial charge in [0, 0.05) is 11.3 Å². The highest BCUT2D eigenvalue weighted by Crippen LogP contribution is 2.69. The molecule has 0 aromatic carbocycles. The molecule has 4 rings (SSSR count). The van der Waals surface area contributed by atoms with Crippen LogP contribution < -0.4 is 0 Å². The Morgan fingerprint density at radius 2 is 1.80 bits per heavy atom. The minimum atomic E-state index is -1.69. The van der Waals surface area contributed by atoms with Gasteiger partial charge in [-0.3, -0.25) is 9.59 Å². The van der Waals surface area contributed by atoms with Gasteiger partial charge < -0.3 is 14.6 Å². The average molecular weight is 489 g/mol. The third-order valence-electron chi connectivity index (χ3n) is 10.4. The molecular weight excluding hydrogens is 448 g/mol. The Kier molecular flexibility index (Phi) is 6.05. The minimum Gasteiger partial charge on any atom is -0.478 e. The lowest BCUT2D eigenvalue weighted by Gasteiger charge is -2.58. The molecule has 0 amide bonds. The molecule has 7 nitrogen and oxygen atoms in total. The summed E-state index contributed by atoms with van der Waals surface area (Å²) in [4.78, 5) is 51.1. The summed E-state index contributed by atoms with van der Waals surface area (Å²) < 4.78 is 11.4. The third-order valence-corrected chi connectivity index (χ3v) is 10.4. The van der Waals surface area contributed by atoms with E-state index in [0.717, 1.165) is 12.0 Å². The lowest BCUT2D eigenvalue weighted by molar-refractivity contribution is -0.194. The van der Waals surface area contributed by atoms with Crippen LogP contribution in [0.15, 0.2) is 11.6 Å². The molecule has 0 heterocycles. The van der Waals surface area contributed by atoms with Crippen LogP contribution in [0.1, 0.15) is 87.0 Å². The predicted molar refractivity (Wildman–Crippen MR) is 128 cm³/mol. The normalized spacial score (nSPS) is 41.7. The highest BCUT2D eigenvalue weighted by Gasteiger charge is 2.73. The van der Waals surface area contributed by atoms with E-state index in [1.807, 2.05) is 41.5 Å². The average Bonchev–Trinajstić information content (AvgIpc) is 2.96. The van der Waals surface area contributed by atoms with E-state index in [1.165, 1.54) is 0 Å². The molecule has 3 unspecified atom stereocenters. The highest BCUT2D eigenvalue weighted by molar-refractivity contribution is 6.11. The molecular formula is C28H40O7. The first-order chi connectivity index (χ1) is 16.1. The van der Waals surface area contributed by atoms with Crippen LogP contribution in [0.5, 0.6) is 0 Å². The van der Waals surface area contributed by atoms with Crippen molar-refractivity contribution < 1.29 is 33.8 Å². The Labute approximate surface area is 208 Å². The fraction of sp³-hybridized carbons (Fsp3) is 0.786. The van der Waals surface area contributed by atoms with Gasteiger partial charge in [-0.2, -0.15) is 0 Å². The molecule has 0 aliphatic heterocycles. The highest BCUT2D eigenvalue weighted by atomic mass is 16.7. The zero-order valence-corrected chi connectivity index (χ0v) is 22.1. The number of hydrogen-bond acceptors (Lipinski definition) is 6. The maximum absolute atomic E-state index is 13.2. The summed E-state index contributed by atoms with van der Waals surface area (Å²) in [6, 6.07) is 0. The third kappa shape index (κ3) is 3.59. The van der Waals surface area contributed by atoms with Gasteiger partial charge in [0.15, 0.2) is 11.6 Å². The van der Waals surface area contributed by atoms with Gasteiger partial charge >= 0.3 is 12.1 Å². The lowest BCUT2D eigenvalue weighted by atomic mass is 9.46. The molecule has 35 heavy (non-hydrogen) atoms. The monoisotopic (exact) mass is 488 g/mol. The van der Waals surface area contributed by atoms with Crippen molar-refractivity contribution in [2.45, 2.75) is 98.7 Å². The van der Waals surface area contributed by atoms with Gasteiger partial charge in [-0.25, -0.2) is 9.59 Å². The summed E-state index contributed by atoms with van der Waals surface area (Å²) >= 11 is 0. The first-order valence-electron chi connectivity index (χ1n) is 13.0. The number of carbonyl (C=O) groups is 4. The van der Waals surface area contributed by atoms with E-state index in [4.69, 9.17) is 9.47 Å². The topological polar surface area (TPSA) is 107 Å². The number of carbonyl (C=O) groups excluding carboxylic acids is 3. The van der Waals surface area contributed by atoms with Crippen LogP contribution in [-0.2, 0) is 23.9 Å². The molecule has 0 aromatic heterocycles. The number of carboxylic acids is 1. The van der Waals surface area contributed by atoms with E-state index in [2.05, 4.69) is 0 Å². The zero-order valence-electron chi connectivity index (χ0n) is 22.1. The largest absolute Gasteiger partial charge is 0.509 e. The number of Topliss-reactive ketones (excluding diaryl/α,β-unsaturated/α-hetero) is 1. The van der Waals surface area contributed by atoms with E-state index < -0.39 is 40.6 Å². The maximum atomic E-state index is 13.2. The van der Waals surface area contributed by atoms with Crippen molar-refractivity contribution in [3.05, 3.63) is 11.6 Å². The molecule has 0 aromatic rings. The molecule has 7 heteroatoms. The summed E-state index contributed by atoms with van der Waals surface area (Å²) in [5.74, 6) is -1.47. The van der Waals surface area contributed by atoms with Crippen LogP contribution in [0.4, 0.5) is 4.79 Å². The SMILES string of the molecule is CC(OC(=O)OC1(C(=O)O)C(C)C[C@H]2[C@@H]3CCC4=CC(=O)CC(=O)[C@]4(C)[C@H]3CC[C@@]21C)C(C)(C)C. The number of allylic oxidation sites excluding steroid dienone is 1. The predicted octanol–water partition coefficient (Wildman–Crippen LogP) is 5.35. The van der Waals surface area contributed by atoms with E-state index >= 15 is 0 Å². The van der Waals surface area contributed by atoms with Gasteiger partial charge in [-0.15, -0.1) is 0 Å². The van der Waals surface area contributed by atoms with Crippen molar-refractivity contribution in [2.24, 2.45) is 39.9 Å². The van der Waals surface area contributed by atoms with Crippen LogP contribution >= 0.6 is 0 Å². The molecule has 0 saturated heterocycles. The number of ketones is 2. The number of hydrogen-bond donors (Lipinski definition) is 1. The second kappa shape index (κ2) is 8.17. The molecule has 0 radical (unpaired) electrons. The van der Waals surface area contributed by atoms with Crippen LogP contribution in [0.2, 0.25) is 0 Å². The van der Waals surface area contributed by atoms with E-state index in [0.29, 0.717) is 25.7 Å². The summed E-state index contributed by atoms with van der Waals surface area (Å²) in [7, 11) is 0. The zero-order chi connectivity index (χ0) is 26.1. The van der Waals surface area contributed by atoms with Gasteiger partial charge in [-0.1, -0.05) is 40.2 Å². The molecule has 3 fully saturated rings. The molecule has 1 N–H and O–H groups in total. The molecule has 4 aliphatic carbocycles. The fourth-order valence-electron chi connectivity index (χ4n) is 7.94. The molecule has 0 bridgehead atoms. The summed E-state index contributed by atoms with van der Waals surface area (Å²) in [5.41, 5.74) is -2.51. The Morgan fingerprint density at radius 1 is 1.14 bits per heavy atom. The minimum absolute atomic E-state index is 0.00941. The molecule has 8 atom stereocenters. The van der Waals surface area contributed by atoms with Crippen LogP contribution in [0, 0.1) is 39.9 Å². The Bertz CT molecular complexity index is 990. The first kappa shape index (κ1) is 25.9. The van der Waals surface area contributed by atoms with Crippen LogP contribution in [0.25, 0.3) is 0 Å².